The Labute approximate surface area is 159 Å². The highest BCUT2D eigenvalue weighted by molar-refractivity contribution is 5.40. The topological polar surface area (TPSA) is 0 Å². The van der Waals surface area contributed by atoms with Gasteiger partial charge in [-0.3, -0.25) is 0 Å². The molecule has 0 amide bonds. The van der Waals surface area contributed by atoms with E-state index in [9.17, 15) is 0 Å². The van der Waals surface area contributed by atoms with Gasteiger partial charge in [-0.15, -0.1) is 0 Å². The van der Waals surface area contributed by atoms with Crippen LogP contribution < -0.4 is 0 Å². The van der Waals surface area contributed by atoms with Crippen molar-refractivity contribution < 1.29 is 0 Å². The van der Waals surface area contributed by atoms with Crippen LogP contribution in [0, 0.1) is 11.3 Å². The summed E-state index contributed by atoms with van der Waals surface area (Å²) in [5.74, 6) is 0.622. The summed E-state index contributed by atoms with van der Waals surface area (Å²) in [6.07, 6.45) is 15.9. The van der Waals surface area contributed by atoms with Crippen molar-refractivity contribution in [3.05, 3.63) is 58.7 Å². The van der Waals surface area contributed by atoms with Gasteiger partial charge in [0.1, 0.15) is 0 Å². The van der Waals surface area contributed by atoms with E-state index < -0.39 is 0 Å². The van der Waals surface area contributed by atoms with Crippen molar-refractivity contribution in [1.29, 1.82) is 0 Å². The maximum Gasteiger partial charge on any atom is -0.00981 e. The van der Waals surface area contributed by atoms with Gasteiger partial charge in [0.25, 0.3) is 0 Å². The lowest BCUT2D eigenvalue weighted by atomic mass is 9.73. The molecule has 1 aliphatic rings. The van der Waals surface area contributed by atoms with Crippen LogP contribution in [0.1, 0.15) is 89.0 Å². The van der Waals surface area contributed by atoms with Crippen LogP contribution in [0.25, 0.3) is 0 Å². The van der Waals surface area contributed by atoms with Gasteiger partial charge in [-0.25, -0.2) is 0 Å². The van der Waals surface area contributed by atoms with Crippen LogP contribution in [0.4, 0.5) is 0 Å². The molecule has 0 aromatic heterocycles. The number of hydrogen-bond donors (Lipinski definition) is 0. The average Bonchev–Trinajstić information content (AvgIpc) is 2.57. The van der Waals surface area contributed by atoms with Gasteiger partial charge in [0, 0.05) is 0 Å². The first kappa shape index (κ1) is 25.9. The number of allylic oxidation sites excluding steroid dienone is 10. The van der Waals surface area contributed by atoms with E-state index in [1.165, 1.54) is 35.1 Å². The summed E-state index contributed by atoms with van der Waals surface area (Å²) in [4.78, 5) is 0. The molecule has 0 atom stereocenters. The van der Waals surface area contributed by atoms with Gasteiger partial charge >= 0.3 is 0 Å². The minimum Gasteiger partial charge on any atom is -0.0813 e. The zero-order chi connectivity index (χ0) is 20.0. The molecule has 1 aliphatic carbocycles. The largest absolute Gasteiger partial charge is 0.0813 e. The predicted octanol–water partition coefficient (Wildman–Crippen LogP) is 8.84. The van der Waals surface area contributed by atoms with E-state index in [0.29, 0.717) is 11.3 Å². The standard InChI is InChI=1S/C21H32.2C2H6/c1-16(2)18(4)11-8-10-17(3)13-14-20-19(5)12-9-15-21(20,6)7;2*1-2/h8,10-14,16H,9,15H2,1-7H3;2*1-2H3/b10-8+,17-13+,18-11+,20-14-;;. The van der Waals surface area contributed by atoms with E-state index in [0.717, 1.165) is 0 Å². The third kappa shape index (κ3) is 10.3. The smallest absolute Gasteiger partial charge is 0.00981 e. The Balaban J connectivity index is 0. The van der Waals surface area contributed by atoms with E-state index in [4.69, 9.17) is 0 Å². The van der Waals surface area contributed by atoms with Gasteiger partial charge in [0.15, 0.2) is 0 Å². The van der Waals surface area contributed by atoms with Gasteiger partial charge in [-0.2, -0.15) is 0 Å². The van der Waals surface area contributed by atoms with Crippen molar-refractivity contribution >= 4 is 0 Å². The van der Waals surface area contributed by atoms with Crippen LogP contribution in [0.5, 0.6) is 0 Å². The molecule has 0 aliphatic heterocycles. The van der Waals surface area contributed by atoms with Gasteiger partial charge in [0.05, 0.1) is 0 Å². The van der Waals surface area contributed by atoms with Crippen LogP contribution in [0.15, 0.2) is 58.7 Å². The lowest BCUT2D eigenvalue weighted by Gasteiger charge is -2.32. The Morgan fingerprint density at radius 3 is 2.08 bits per heavy atom. The first-order valence-corrected chi connectivity index (χ1v) is 10.1. The molecule has 0 fully saturated rings. The first-order chi connectivity index (χ1) is 11.7. The van der Waals surface area contributed by atoms with Crippen molar-refractivity contribution in [3.8, 4) is 0 Å². The second-order valence-electron chi connectivity index (χ2n) is 7.23. The maximum atomic E-state index is 2.37. The highest BCUT2D eigenvalue weighted by Gasteiger charge is 2.26. The molecule has 0 bridgehead atoms. The Kier molecular flexibility index (Phi) is 14.5. The van der Waals surface area contributed by atoms with E-state index in [1.807, 2.05) is 27.7 Å². The summed E-state index contributed by atoms with van der Waals surface area (Å²) in [5, 5.41) is 0. The van der Waals surface area contributed by atoms with Crippen LogP contribution in [-0.4, -0.2) is 0 Å². The molecule has 0 aromatic rings. The fraction of sp³-hybridized carbons (Fsp3) is 0.600. The molecule has 0 heterocycles. The molecule has 25 heavy (non-hydrogen) atoms. The fourth-order valence-electron chi connectivity index (χ4n) is 2.60. The molecule has 0 unspecified atom stereocenters. The predicted molar refractivity (Wildman–Crippen MR) is 119 cm³/mol. The second-order valence-corrected chi connectivity index (χ2v) is 7.23. The third-order valence-electron chi connectivity index (χ3n) is 4.52. The highest BCUT2D eigenvalue weighted by atomic mass is 14.3. The van der Waals surface area contributed by atoms with Crippen molar-refractivity contribution in [1.82, 2.24) is 0 Å². The van der Waals surface area contributed by atoms with Crippen molar-refractivity contribution in [2.75, 3.05) is 0 Å². The lowest BCUT2D eigenvalue weighted by Crippen LogP contribution is -2.18. The molecule has 144 valence electrons. The maximum absolute atomic E-state index is 2.37. The minimum atomic E-state index is 0.299. The quantitative estimate of drug-likeness (QED) is 0.447. The normalized spacial score (nSPS) is 19.2. The molecular weight excluding hydrogens is 300 g/mol. The van der Waals surface area contributed by atoms with E-state index in [1.54, 1.807) is 0 Å². The van der Waals surface area contributed by atoms with Crippen molar-refractivity contribution in [2.24, 2.45) is 11.3 Å². The third-order valence-corrected chi connectivity index (χ3v) is 4.52. The Morgan fingerprint density at radius 1 is 1.04 bits per heavy atom. The zero-order valence-electron chi connectivity index (χ0n) is 19.0. The minimum absolute atomic E-state index is 0.299. The van der Waals surface area contributed by atoms with Gasteiger partial charge in [0.2, 0.25) is 0 Å². The summed E-state index contributed by atoms with van der Waals surface area (Å²) < 4.78 is 0. The van der Waals surface area contributed by atoms with Crippen LogP contribution in [0.3, 0.4) is 0 Å². The summed E-state index contributed by atoms with van der Waals surface area (Å²) in [5.41, 5.74) is 5.94. The summed E-state index contributed by atoms with van der Waals surface area (Å²) in [7, 11) is 0. The number of rotatable bonds is 4. The van der Waals surface area contributed by atoms with Crippen LogP contribution >= 0.6 is 0 Å². The van der Waals surface area contributed by atoms with Crippen LogP contribution in [-0.2, 0) is 0 Å². The van der Waals surface area contributed by atoms with Gasteiger partial charge in [-0.05, 0) is 50.5 Å². The van der Waals surface area contributed by atoms with Crippen molar-refractivity contribution in [2.45, 2.75) is 89.0 Å². The average molecular weight is 345 g/mol. The second kappa shape index (κ2) is 13.9. The summed E-state index contributed by atoms with van der Waals surface area (Å²) in [6, 6.07) is 0. The molecular formula is C25H44. The Morgan fingerprint density at radius 2 is 1.60 bits per heavy atom. The Bertz CT molecular complexity index is 502. The SMILES string of the molecule is CC.CC.CC1=CCCC(C)(C)\C1=C/C=C(C)/C=C/C=C(\C)C(C)C. The van der Waals surface area contributed by atoms with E-state index in [2.05, 4.69) is 84.9 Å². The molecule has 0 saturated carbocycles. The highest BCUT2D eigenvalue weighted by Crippen LogP contribution is 2.40. The number of hydrogen-bond acceptors (Lipinski definition) is 0. The van der Waals surface area contributed by atoms with Crippen LogP contribution in [0.2, 0.25) is 0 Å². The summed E-state index contributed by atoms with van der Waals surface area (Å²) >= 11 is 0. The molecule has 0 nitrogen and oxygen atoms in total. The molecule has 0 N–H and O–H groups in total. The molecule has 0 aromatic carbocycles. The monoisotopic (exact) mass is 344 g/mol. The molecule has 0 radical (unpaired) electrons. The molecule has 0 heteroatoms. The fourth-order valence-corrected chi connectivity index (χ4v) is 2.60. The van der Waals surface area contributed by atoms with E-state index >= 15 is 0 Å². The zero-order valence-corrected chi connectivity index (χ0v) is 19.0. The van der Waals surface area contributed by atoms with Gasteiger partial charge in [-0.1, -0.05) is 109 Å². The molecule has 0 spiro atoms. The lowest BCUT2D eigenvalue weighted by molar-refractivity contribution is 0.404. The first-order valence-electron chi connectivity index (χ1n) is 10.1. The van der Waals surface area contributed by atoms with Gasteiger partial charge < -0.3 is 0 Å². The van der Waals surface area contributed by atoms with Crippen molar-refractivity contribution in [3.63, 3.8) is 0 Å². The Hall–Kier alpha value is -1.30. The summed E-state index contributed by atoms with van der Waals surface area (Å²) in [6.45, 7) is 23.8. The molecule has 1 rings (SSSR count). The van der Waals surface area contributed by atoms with E-state index in [-0.39, 0.29) is 0 Å². The molecule has 0 saturated heterocycles.